The molecular weight excluding hydrogens is 620 g/mol. The van der Waals surface area contributed by atoms with Crippen LogP contribution in [-0.4, -0.2) is 104 Å². The molecular formula is C19H27N3O18P2-2. The zero-order valence-electron chi connectivity index (χ0n) is 21.6. The molecule has 1 amide bonds. The van der Waals surface area contributed by atoms with Gasteiger partial charge in [0.15, 0.2) is 18.6 Å². The molecule has 0 radical (unpaired) electrons. The quantitative estimate of drug-likeness (QED) is 0.0964. The van der Waals surface area contributed by atoms with Gasteiger partial charge in [-0.1, -0.05) is 0 Å². The summed E-state index contributed by atoms with van der Waals surface area (Å²) in [5.41, 5.74) is -1.80. The molecule has 42 heavy (non-hydrogen) atoms. The minimum atomic E-state index is -6.00. The van der Waals surface area contributed by atoms with E-state index in [-0.39, 0.29) is 0 Å². The molecule has 0 spiro atoms. The Balaban J connectivity index is 1.70. The molecule has 0 saturated carbocycles. The van der Waals surface area contributed by atoms with E-state index >= 15 is 0 Å². The van der Waals surface area contributed by atoms with Crippen molar-refractivity contribution in [3.63, 3.8) is 0 Å². The zero-order valence-corrected chi connectivity index (χ0v) is 23.4. The zero-order chi connectivity index (χ0) is 31.6. The van der Waals surface area contributed by atoms with Gasteiger partial charge >= 0.3 is 11.7 Å². The number of phosphoric acid groups is 2. The third-order valence-electron chi connectivity index (χ3n) is 5.82. The number of hydrogen-bond donors (Lipinski definition) is 6. The monoisotopic (exact) mass is 647 g/mol. The Bertz CT molecular complexity index is 1350. The second-order valence-corrected chi connectivity index (χ2v) is 11.9. The minimum absolute atomic E-state index is 0.692. The van der Waals surface area contributed by atoms with Crippen molar-refractivity contribution in [1.29, 1.82) is 0 Å². The van der Waals surface area contributed by atoms with Crippen LogP contribution in [0.15, 0.2) is 21.9 Å². The lowest BCUT2D eigenvalue weighted by atomic mass is 9.96. The molecule has 3 heterocycles. The minimum Gasteiger partial charge on any atom is -0.756 e. The summed E-state index contributed by atoms with van der Waals surface area (Å²) in [4.78, 5) is 73.1. The highest BCUT2D eigenvalue weighted by atomic mass is 31.3. The van der Waals surface area contributed by atoms with Crippen LogP contribution < -0.4 is 26.4 Å². The highest BCUT2D eigenvalue weighted by molar-refractivity contribution is 7.59. The predicted molar refractivity (Wildman–Crippen MR) is 125 cm³/mol. The van der Waals surface area contributed by atoms with Crippen molar-refractivity contribution in [2.45, 2.75) is 69.0 Å². The third-order valence-corrected chi connectivity index (χ3v) is 8.35. The summed E-state index contributed by atoms with van der Waals surface area (Å²) in [6.45, 7) is -0.210. The standard InChI is InChI=1S/C19H29N3O18P2/c1-7(24)20-12-16(36-8(2)25)14(28)9(5-23)38-18(12)39-42(33,34)40-41(31,32)35-6-10-13(27)15(29)17(37-10)22-4-3-11(26)21-19(22)30/h3-4,9-10,12-18,23,27-29H,5-6H2,1-2H3,(H,20,24)(H,31,32)(H,33,34)(H,21,26,30)/p-2. The Morgan fingerprint density at radius 3 is 2.31 bits per heavy atom. The van der Waals surface area contributed by atoms with E-state index < -0.39 is 107 Å². The fourth-order valence-corrected chi connectivity index (χ4v) is 6.15. The molecule has 0 bridgehead atoms. The maximum atomic E-state index is 12.5. The molecule has 6 N–H and O–H groups in total. The van der Waals surface area contributed by atoms with Crippen molar-refractivity contribution in [3.8, 4) is 0 Å². The molecule has 2 fully saturated rings. The molecule has 2 aliphatic rings. The number of hydrogen-bond acceptors (Lipinski definition) is 18. The number of nitrogens with one attached hydrogen (secondary N) is 2. The van der Waals surface area contributed by atoms with Gasteiger partial charge < -0.3 is 54.3 Å². The van der Waals surface area contributed by atoms with E-state index in [1.807, 2.05) is 4.98 Å². The van der Waals surface area contributed by atoms with Crippen LogP contribution in [0, 0.1) is 0 Å². The Hall–Kier alpha value is -2.36. The van der Waals surface area contributed by atoms with Crippen LogP contribution in [0.3, 0.4) is 0 Å². The molecule has 1 aromatic heterocycles. The molecule has 1 aromatic rings. The number of carbonyl (C=O) groups excluding carboxylic acids is 2. The number of amides is 1. The van der Waals surface area contributed by atoms with E-state index in [2.05, 4.69) is 18.7 Å². The van der Waals surface area contributed by atoms with Crippen LogP contribution in [0.4, 0.5) is 0 Å². The van der Waals surface area contributed by atoms with E-state index in [9.17, 15) is 58.5 Å². The summed E-state index contributed by atoms with van der Waals surface area (Å²) in [5, 5.41) is 42.4. The fourth-order valence-electron chi connectivity index (χ4n) is 4.06. The molecule has 11 unspecified atom stereocenters. The highest BCUT2D eigenvalue weighted by Crippen LogP contribution is 2.57. The Labute approximate surface area is 234 Å². The van der Waals surface area contributed by atoms with Crippen LogP contribution >= 0.6 is 15.6 Å². The van der Waals surface area contributed by atoms with Gasteiger partial charge in [0.05, 0.1) is 13.2 Å². The maximum Gasteiger partial charge on any atom is 0.330 e. The number of esters is 1. The second kappa shape index (κ2) is 13.5. The summed E-state index contributed by atoms with van der Waals surface area (Å²) in [6.07, 6.45) is -13.4. The van der Waals surface area contributed by atoms with Crippen molar-refractivity contribution < 1.29 is 76.5 Å². The van der Waals surface area contributed by atoms with E-state index in [1.54, 1.807) is 0 Å². The topological polar surface area (TPSA) is 318 Å². The van der Waals surface area contributed by atoms with E-state index in [0.717, 1.165) is 26.1 Å². The number of H-pyrrole nitrogens is 1. The van der Waals surface area contributed by atoms with Crippen LogP contribution in [0.2, 0.25) is 0 Å². The van der Waals surface area contributed by atoms with Crippen molar-refractivity contribution in [1.82, 2.24) is 14.9 Å². The number of phosphoric ester groups is 2. The molecule has 23 heteroatoms. The number of carbonyl (C=O) groups is 2. The average Bonchev–Trinajstić information content (AvgIpc) is 3.14. The van der Waals surface area contributed by atoms with Crippen LogP contribution in [0.25, 0.3) is 0 Å². The van der Waals surface area contributed by atoms with Gasteiger partial charge in [0.1, 0.15) is 36.6 Å². The third kappa shape index (κ3) is 8.38. The van der Waals surface area contributed by atoms with Gasteiger partial charge in [-0.2, -0.15) is 0 Å². The van der Waals surface area contributed by atoms with E-state index in [4.69, 9.17) is 14.2 Å². The maximum absolute atomic E-state index is 12.5. The van der Waals surface area contributed by atoms with Crippen molar-refractivity contribution >= 4 is 27.5 Å². The molecule has 2 aliphatic heterocycles. The van der Waals surface area contributed by atoms with Crippen LogP contribution in [0.1, 0.15) is 20.1 Å². The number of aromatic nitrogens is 2. The van der Waals surface area contributed by atoms with Gasteiger partial charge in [0.2, 0.25) is 5.91 Å². The van der Waals surface area contributed by atoms with Gasteiger partial charge in [0, 0.05) is 26.1 Å². The van der Waals surface area contributed by atoms with Gasteiger partial charge in [-0.25, -0.2) is 9.11 Å². The van der Waals surface area contributed by atoms with Crippen LogP contribution in [0.5, 0.6) is 0 Å². The SMILES string of the molecule is CC(=O)NC1C(OP(=O)([O-])OP(=O)([O-])OCC2OC(n3ccc(=O)[nH]c3=O)C(O)C2O)OC(CO)C(O)C1OC(C)=O. The first-order valence-corrected chi connectivity index (χ1v) is 14.7. The number of nitrogens with zero attached hydrogens (tertiary/aromatic N) is 1. The van der Waals surface area contributed by atoms with Gasteiger partial charge in [-0.05, 0) is 0 Å². The molecule has 21 nitrogen and oxygen atoms in total. The predicted octanol–water partition coefficient (Wildman–Crippen LogP) is -5.34. The lowest BCUT2D eigenvalue weighted by molar-refractivity contribution is -0.286. The molecule has 11 atom stereocenters. The Kier molecular flexibility index (Phi) is 11.0. The molecule has 0 aromatic carbocycles. The summed E-state index contributed by atoms with van der Waals surface area (Å²) < 4.78 is 53.8. The normalized spacial score (nSPS) is 34.2. The fraction of sp³-hybridized carbons (Fsp3) is 0.684. The number of aliphatic hydroxyl groups excluding tert-OH is 4. The largest absolute Gasteiger partial charge is 0.756 e. The van der Waals surface area contributed by atoms with Crippen molar-refractivity contribution in [2.75, 3.05) is 13.2 Å². The van der Waals surface area contributed by atoms with Gasteiger partial charge in [-0.3, -0.25) is 37.6 Å². The highest BCUT2D eigenvalue weighted by Gasteiger charge is 2.50. The van der Waals surface area contributed by atoms with Crippen molar-refractivity contribution in [2.24, 2.45) is 0 Å². The molecule has 3 rings (SSSR count). The molecule has 0 aliphatic carbocycles. The van der Waals surface area contributed by atoms with E-state index in [1.165, 1.54) is 0 Å². The number of ether oxygens (including phenoxy) is 3. The first kappa shape index (κ1) is 34.1. The lowest BCUT2D eigenvalue weighted by Gasteiger charge is -2.45. The lowest BCUT2D eigenvalue weighted by Crippen LogP contribution is -2.65. The Morgan fingerprint density at radius 1 is 1.07 bits per heavy atom. The number of rotatable bonds is 11. The molecule has 2 saturated heterocycles. The summed E-state index contributed by atoms with van der Waals surface area (Å²) in [6, 6.07) is -0.845. The van der Waals surface area contributed by atoms with Gasteiger partial charge in [-0.15, -0.1) is 0 Å². The smallest absolute Gasteiger partial charge is 0.330 e. The summed E-state index contributed by atoms with van der Waals surface area (Å²) >= 11 is 0. The van der Waals surface area contributed by atoms with Crippen molar-refractivity contribution in [3.05, 3.63) is 33.1 Å². The number of aromatic amines is 1. The van der Waals surface area contributed by atoms with Gasteiger partial charge in [0.25, 0.3) is 21.2 Å². The summed E-state index contributed by atoms with van der Waals surface area (Å²) in [5.74, 6) is -1.83. The average molecular weight is 647 g/mol. The van der Waals surface area contributed by atoms with E-state index in [0.29, 0.717) is 4.57 Å². The van der Waals surface area contributed by atoms with Crippen LogP contribution in [-0.2, 0) is 46.3 Å². The first-order chi connectivity index (χ1) is 19.4. The second-order valence-electron chi connectivity index (χ2n) is 8.96. The number of aliphatic hydroxyl groups is 4. The summed E-state index contributed by atoms with van der Waals surface area (Å²) in [7, 11) is -11.9. The first-order valence-electron chi connectivity index (χ1n) is 11.8. The Morgan fingerprint density at radius 2 is 1.74 bits per heavy atom. The molecule has 238 valence electrons.